The first-order valence-electron chi connectivity index (χ1n) is 7.43. The maximum atomic E-state index is 6.02. The summed E-state index contributed by atoms with van der Waals surface area (Å²) in [6.45, 7) is 7.22. The van der Waals surface area contributed by atoms with Crippen molar-refractivity contribution in [2.45, 2.75) is 58.7 Å². The van der Waals surface area contributed by atoms with Crippen molar-refractivity contribution in [3.05, 3.63) is 36.2 Å². The van der Waals surface area contributed by atoms with E-state index in [0.717, 1.165) is 37.3 Å². The first kappa shape index (κ1) is 14.8. The van der Waals surface area contributed by atoms with Gasteiger partial charge in [0.1, 0.15) is 5.82 Å². The highest BCUT2D eigenvalue weighted by molar-refractivity contribution is 5.04. The van der Waals surface area contributed by atoms with E-state index in [1.807, 2.05) is 17.1 Å². The van der Waals surface area contributed by atoms with Crippen LogP contribution >= 0.6 is 0 Å². The Morgan fingerprint density at radius 2 is 2.05 bits per heavy atom. The zero-order valence-corrected chi connectivity index (χ0v) is 12.7. The second-order valence-electron chi connectivity index (χ2n) is 5.39. The van der Waals surface area contributed by atoms with E-state index in [1.54, 1.807) is 0 Å². The number of rotatable bonds is 7. The maximum Gasteiger partial charge on any atom is 0.110 e. The van der Waals surface area contributed by atoms with E-state index >= 15 is 0 Å². The Hall–Kier alpha value is -1.62. The Balaban J connectivity index is 2.06. The summed E-state index contributed by atoms with van der Waals surface area (Å²) in [6.07, 6.45) is 8.76. The first-order chi connectivity index (χ1) is 9.63. The van der Waals surface area contributed by atoms with Crippen LogP contribution in [-0.4, -0.2) is 25.4 Å². The average molecular weight is 275 g/mol. The van der Waals surface area contributed by atoms with Crippen molar-refractivity contribution in [3.8, 4) is 0 Å². The number of nitrogens with two attached hydrogens (primary N) is 1. The van der Waals surface area contributed by atoms with E-state index < -0.39 is 0 Å². The van der Waals surface area contributed by atoms with E-state index in [-0.39, 0.29) is 6.04 Å². The number of hydrogen-bond donors (Lipinski definition) is 1. The van der Waals surface area contributed by atoms with Gasteiger partial charge in [0, 0.05) is 37.1 Å². The van der Waals surface area contributed by atoms with Gasteiger partial charge in [-0.05, 0) is 25.8 Å². The standard InChI is InChI=1S/C15H25N5/c1-4-12(3)20-8-6-14(18-20)11-19-9-7-17-15(19)10-13(16)5-2/h6-9,12-13H,4-5,10-11,16H2,1-3H3. The summed E-state index contributed by atoms with van der Waals surface area (Å²) in [5.41, 5.74) is 7.08. The molecule has 5 nitrogen and oxygen atoms in total. The molecule has 0 aliphatic rings. The van der Waals surface area contributed by atoms with Crippen LogP contribution in [0.3, 0.4) is 0 Å². The minimum Gasteiger partial charge on any atom is -0.329 e. The molecule has 2 heterocycles. The third-order valence-electron chi connectivity index (χ3n) is 3.81. The molecule has 0 saturated heterocycles. The zero-order chi connectivity index (χ0) is 14.5. The molecule has 0 bridgehead atoms. The van der Waals surface area contributed by atoms with Gasteiger partial charge in [0.05, 0.1) is 12.2 Å². The maximum absolute atomic E-state index is 6.02. The van der Waals surface area contributed by atoms with Crippen LogP contribution in [0.1, 0.15) is 51.2 Å². The van der Waals surface area contributed by atoms with Crippen LogP contribution in [0.5, 0.6) is 0 Å². The van der Waals surface area contributed by atoms with Crippen molar-refractivity contribution in [1.82, 2.24) is 19.3 Å². The molecular formula is C15H25N5. The molecular weight excluding hydrogens is 250 g/mol. The minimum atomic E-state index is 0.175. The fraction of sp³-hybridized carbons (Fsp3) is 0.600. The lowest BCUT2D eigenvalue weighted by Crippen LogP contribution is -2.23. The third-order valence-corrected chi connectivity index (χ3v) is 3.81. The lowest BCUT2D eigenvalue weighted by Gasteiger charge is -2.11. The van der Waals surface area contributed by atoms with Gasteiger partial charge in [-0.2, -0.15) is 5.10 Å². The number of hydrogen-bond acceptors (Lipinski definition) is 3. The van der Waals surface area contributed by atoms with Gasteiger partial charge in [0.25, 0.3) is 0 Å². The molecule has 0 aliphatic heterocycles. The summed E-state index contributed by atoms with van der Waals surface area (Å²) in [7, 11) is 0. The lowest BCUT2D eigenvalue weighted by atomic mass is 10.1. The van der Waals surface area contributed by atoms with Crippen LogP contribution in [0.25, 0.3) is 0 Å². The van der Waals surface area contributed by atoms with Crippen molar-refractivity contribution < 1.29 is 0 Å². The van der Waals surface area contributed by atoms with E-state index in [1.165, 1.54) is 0 Å². The van der Waals surface area contributed by atoms with Gasteiger partial charge in [-0.3, -0.25) is 4.68 Å². The second kappa shape index (κ2) is 6.70. The van der Waals surface area contributed by atoms with Crippen LogP contribution in [0.2, 0.25) is 0 Å². The highest BCUT2D eigenvalue weighted by Gasteiger charge is 2.10. The fourth-order valence-corrected chi connectivity index (χ4v) is 2.12. The highest BCUT2D eigenvalue weighted by Crippen LogP contribution is 2.11. The number of imidazole rings is 1. The largest absolute Gasteiger partial charge is 0.329 e. The van der Waals surface area contributed by atoms with Crippen LogP contribution in [-0.2, 0) is 13.0 Å². The number of aromatic nitrogens is 4. The first-order valence-corrected chi connectivity index (χ1v) is 7.43. The monoisotopic (exact) mass is 275 g/mol. The topological polar surface area (TPSA) is 61.7 Å². The Morgan fingerprint density at radius 1 is 1.25 bits per heavy atom. The van der Waals surface area contributed by atoms with Gasteiger partial charge in [0.2, 0.25) is 0 Å². The van der Waals surface area contributed by atoms with Gasteiger partial charge in [-0.1, -0.05) is 13.8 Å². The zero-order valence-electron chi connectivity index (χ0n) is 12.7. The smallest absolute Gasteiger partial charge is 0.110 e. The molecule has 5 heteroatoms. The predicted molar refractivity (Wildman–Crippen MR) is 80.5 cm³/mol. The van der Waals surface area contributed by atoms with Crippen molar-refractivity contribution in [2.75, 3.05) is 0 Å². The van der Waals surface area contributed by atoms with Crippen LogP contribution < -0.4 is 5.73 Å². The molecule has 2 rings (SSSR count). The van der Waals surface area contributed by atoms with E-state index in [2.05, 4.69) is 47.7 Å². The fourth-order valence-electron chi connectivity index (χ4n) is 2.12. The van der Waals surface area contributed by atoms with Gasteiger partial charge in [-0.15, -0.1) is 0 Å². The highest BCUT2D eigenvalue weighted by atomic mass is 15.3. The molecule has 0 aliphatic carbocycles. The molecule has 2 aromatic rings. The van der Waals surface area contributed by atoms with E-state index in [4.69, 9.17) is 5.73 Å². The average Bonchev–Trinajstić information content (AvgIpc) is 3.08. The summed E-state index contributed by atoms with van der Waals surface area (Å²) in [4.78, 5) is 4.41. The molecule has 0 aromatic carbocycles. The summed E-state index contributed by atoms with van der Waals surface area (Å²) >= 11 is 0. The molecule has 0 amide bonds. The number of nitrogens with zero attached hydrogens (tertiary/aromatic N) is 4. The minimum absolute atomic E-state index is 0.175. The molecule has 0 saturated carbocycles. The lowest BCUT2D eigenvalue weighted by molar-refractivity contribution is 0.471. The predicted octanol–water partition coefficient (Wildman–Crippen LogP) is 2.38. The van der Waals surface area contributed by atoms with Crippen molar-refractivity contribution >= 4 is 0 Å². The summed E-state index contributed by atoms with van der Waals surface area (Å²) in [5.74, 6) is 1.04. The van der Waals surface area contributed by atoms with Gasteiger partial charge < -0.3 is 10.3 Å². The van der Waals surface area contributed by atoms with Crippen LogP contribution in [0.15, 0.2) is 24.7 Å². The molecule has 110 valence electrons. The Kier molecular flexibility index (Phi) is 4.95. The van der Waals surface area contributed by atoms with Crippen molar-refractivity contribution in [2.24, 2.45) is 5.73 Å². The molecule has 0 spiro atoms. The normalized spacial score (nSPS) is 14.4. The van der Waals surface area contributed by atoms with Crippen molar-refractivity contribution in [3.63, 3.8) is 0 Å². The van der Waals surface area contributed by atoms with Crippen molar-refractivity contribution in [1.29, 1.82) is 0 Å². The Labute approximate surface area is 120 Å². The second-order valence-corrected chi connectivity index (χ2v) is 5.39. The molecule has 0 fully saturated rings. The molecule has 2 unspecified atom stereocenters. The van der Waals surface area contributed by atoms with Crippen LogP contribution in [0, 0.1) is 0 Å². The van der Waals surface area contributed by atoms with E-state index in [9.17, 15) is 0 Å². The Morgan fingerprint density at radius 3 is 2.75 bits per heavy atom. The third kappa shape index (κ3) is 3.48. The van der Waals surface area contributed by atoms with Gasteiger partial charge >= 0.3 is 0 Å². The van der Waals surface area contributed by atoms with Gasteiger partial charge in [-0.25, -0.2) is 4.98 Å². The molecule has 2 aromatic heterocycles. The molecule has 0 radical (unpaired) electrons. The molecule has 20 heavy (non-hydrogen) atoms. The Bertz CT molecular complexity index is 528. The summed E-state index contributed by atoms with van der Waals surface area (Å²) < 4.78 is 4.17. The van der Waals surface area contributed by atoms with E-state index in [0.29, 0.717) is 6.04 Å². The SMILES string of the molecule is CCC(N)Cc1nccn1Cc1ccn(C(C)CC)n1. The van der Waals surface area contributed by atoms with Crippen LogP contribution in [0.4, 0.5) is 0 Å². The quantitative estimate of drug-likeness (QED) is 0.844. The summed E-state index contributed by atoms with van der Waals surface area (Å²) in [5, 5.41) is 4.63. The molecule has 2 atom stereocenters. The van der Waals surface area contributed by atoms with Gasteiger partial charge in [0.15, 0.2) is 0 Å². The summed E-state index contributed by atoms with van der Waals surface area (Å²) in [6, 6.07) is 2.70. The molecule has 2 N–H and O–H groups in total.